The summed E-state index contributed by atoms with van der Waals surface area (Å²) in [6, 6.07) is 5.49. The van der Waals surface area contributed by atoms with E-state index in [-0.39, 0.29) is 6.29 Å². The molecule has 1 aliphatic rings. The van der Waals surface area contributed by atoms with E-state index in [9.17, 15) is 4.21 Å². The van der Waals surface area contributed by atoms with Gasteiger partial charge >= 0.3 is 0 Å². The molecular formula is C12H15BrO3S. The summed E-state index contributed by atoms with van der Waals surface area (Å²) < 4.78 is 23.6. The lowest BCUT2D eigenvalue weighted by Crippen LogP contribution is -2.25. The van der Waals surface area contributed by atoms with Crippen molar-refractivity contribution in [2.24, 2.45) is 0 Å². The van der Waals surface area contributed by atoms with Crippen molar-refractivity contribution >= 4 is 26.7 Å². The quantitative estimate of drug-likeness (QED) is 0.859. The molecule has 94 valence electrons. The molecule has 1 aromatic carbocycles. The Morgan fingerprint density at radius 1 is 1.47 bits per heavy atom. The lowest BCUT2D eigenvalue weighted by Gasteiger charge is -2.24. The zero-order chi connectivity index (χ0) is 12.3. The summed E-state index contributed by atoms with van der Waals surface area (Å²) in [5.41, 5.74) is 0. The lowest BCUT2D eigenvalue weighted by atomic mass is 10.2. The topological polar surface area (TPSA) is 35.5 Å². The summed E-state index contributed by atoms with van der Waals surface area (Å²) in [5.74, 6) is 0.699. The Balaban J connectivity index is 2.13. The molecule has 0 radical (unpaired) electrons. The van der Waals surface area contributed by atoms with E-state index in [1.807, 2.05) is 12.1 Å². The van der Waals surface area contributed by atoms with E-state index >= 15 is 0 Å². The third-order valence-corrected chi connectivity index (χ3v) is 4.20. The standard InChI is InChI=1S/C12H15BrO3S/c1-17(14)9-5-6-10(13)11(8-9)16-12-4-2-3-7-15-12/h5-6,8,12H,2-4,7H2,1H3/t12-,17-/m1/s1. The van der Waals surface area contributed by atoms with Crippen molar-refractivity contribution in [3.63, 3.8) is 0 Å². The summed E-state index contributed by atoms with van der Waals surface area (Å²) in [6.45, 7) is 0.752. The van der Waals surface area contributed by atoms with Crippen molar-refractivity contribution in [1.29, 1.82) is 0 Å². The molecule has 1 saturated heterocycles. The van der Waals surface area contributed by atoms with Gasteiger partial charge in [-0.1, -0.05) is 0 Å². The SMILES string of the molecule is C[S@@](=O)c1ccc(Br)c(O[C@@H]2CCCCO2)c1. The van der Waals surface area contributed by atoms with Crippen molar-refractivity contribution in [3.8, 4) is 5.75 Å². The van der Waals surface area contributed by atoms with E-state index < -0.39 is 10.8 Å². The minimum atomic E-state index is -0.996. The minimum absolute atomic E-state index is 0.180. The van der Waals surface area contributed by atoms with Crippen LogP contribution in [0.2, 0.25) is 0 Å². The van der Waals surface area contributed by atoms with Gasteiger partial charge in [-0.15, -0.1) is 0 Å². The highest BCUT2D eigenvalue weighted by molar-refractivity contribution is 9.10. The third kappa shape index (κ3) is 3.53. The summed E-state index contributed by atoms with van der Waals surface area (Å²) in [4.78, 5) is 0.763. The van der Waals surface area contributed by atoms with Gasteiger partial charge in [0.15, 0.2) is 6.29 Å². The Hall–Kier alpha value is -0.390. The molecular weight excluding hydrogens is 304 g/mol. The van der Waals surface area contributed by atoms with E-state index in [4.69, 9.17) is 9.47 Å². The summed E-state index contributed by atoms with van der Waals surface area (Å²) >= 11 is 3.43. The third-order valence-electron chi connectivity index (χ3n) is 2.63. The monoisotopic (exact) mass is 318 g/mol. The van der Waals surface area contributed by atoms with Crippen LogP contribution in [-0.2, 0) is 15.5 Å². The Labute approximate surface area is 112 Å². The molecule has 1 aromatic rings. The van der Waals surface area contributed by atoms with Gasteiger partial charge in [0, 0.05) is 28.4 Å². The van der Waals surface area contributed by atoms with E-state index in [0.29, 0.717) is 5.75 Å². The van der Waals surface area contributed by atoms with Crippen molar-refractivity contribution < 1.29 is 13.7 Å². The van der Waals surface area contributed by atoms with E-state index in [1.54, 1.807) is 12.3 Å². The number of ether oxygens (including phenoxy) is 2. The van der Waals surface area contributed by atoms with Crippen molar-refractivity contribution in [2.45, 2.75) is 30.4 Å². The second-order valence-electron chi connectivity index (χ2n) is 3.96. The zero-order valence-electron chi connectivity index (χ0n) is 9.65. The smallest absolute Gasteiger partial charge is 0.199 e. The maximum absolute atomic E-state index is 11.4. The van der Waals surface area contributed by atoms with Crippen LogP contribution in [-0.4, -0.2) is 23.4 Å². The highest BCUT2D eigenvalue weighted by Crippen LogP contribution is 2.29. The van der Waals surface area contributed by atoms with Crippen LogP contribution in [0.5, 0.6) is 5.75 Å². The van der Waals surface area contributed by atoms with Gasteiger partial charge < -0.3 is 9.47 Å². The lowest BCUT2D eigenvalue weighted by molar-refractivity contribution is -0.106. The average Bonchev–Trinajstić information content (AvgIpc) is 2.33. The van der Waals surface area contributed by atoms with Gasteiger partial charge in [-0.3, -0.25) is 4.21 Å². The second kappa shape index (κ2) is 5.98. The largest absolute Gasteiger partial charge is 0.464 e. The predicted octanol–water partition coefficient (Wildman–Crippen LogP) is 3.09. The van der Waals surface area contributed by atoms with Crippen LogP contribution < -0.4 is 4.74 Å². The molecule has 5 heteroatoms. The molecule has 0 saturated carbocycles. The van der Waals surface area contributed by atoms with Gasteiger partial charge in [0.2, 0.25) is 0 Å². The van der Waals surface area contributed by atoms with Gasteiger partial charge in [0.05, 0.1) is 11.1 Å². The van der Waals surface area contributed by atoms with E-state index in [0.717, 1.165) is 35.2 Å². The Morgan fingerprint density at radius 2 is 2.29 bits per heavy atom. The van der Waals surface area contributed by atoms with Crippen molar-refractivity contribution in [3.05, 3.63) is 22.7 Å². The number of hydrogen-bond acceptors (Lipinski definition) is 3. The van der Waals surface area contributed by atoms with Crippen molar-refractivity contribution in [2.75, 3.05) is 12.9 Å². The van der Waals surface area contributed by atoms with Crippen molar-refractivity contribution in [1.82, 2.24) is 0 Å². The Kier molecular flexibility index (Phi) is 4.59. The van der Waals surface area contributed by atoms with E-state index in [1.165, 1.54) is 0 Å². The number of hydrogen-bond donors (Lipinski definition) is 0. The summed E-state index contributed by atoms with van der Waals surface area (Å²) in [6.07, 6.45) is 4.61. The number of halogens is 1. The fraction of sp³-hybridized carbons (Fsp3) is 0.500. The number of benzene rings is 1. The van der Waals surface area contributed by atoms with Crippen LogP contribution >= 0.6 is 15.9 Å². The van der Waals surface area contributed by atoms with Crippen LogP contribution in [0.25, 0.3) is 0 Å². The molecule has 0 bridgehead atoms. The molecule has 0 unspecified atom stereocenters. The van der Waals surface area contributed by atoms with Crippen LogP contribution in [0.15, 0.2) is 27.6 Å². The fourth-order valence-corrected chi connectivity index (χ4v) is 2.57. The second-order valence-corrected chi connectivity index (χ2v) is 6.19. The molecule has 0 spiro atoms. The summed E-state index contributed by atoms with van der Waals surface area (Å²) in [7, 11) is -0.996. The van der Waals surface area contributed by atoms with Gasteiger partial charge in [-0.2, -0.15) is 0 Å². The maximum atomic E-state index is 11.4. The minimum Gasteiger partial charge on any atom is -0.464 e. The molecule has 0 aromatic heterocycles. The molecule has 0 amide bonds. The van der Waals surface area contributed by atoms with Crippen LogP contribution in [0.3, 0.4) is 0 Å². The molecule has 1 fully saturated rings. The molecule has 2 atom stereocenters. The van der Waals surface area contributed by atoms with Crippen LogP contribution in [0, 0.1) is 0 Å². The molecule has 17 heavy (non-hydrogen) atoms. The molecule has 3 nitrogen and oxygen atoms in total. The highest BCUT2D eigenvalue weighted by Gasteiger charge is 2.17. The average molecular weight is 319 g/mol. The van der Waals surface area contributed by atoms with Gasteiger partial charge in [-0.05, 0) is 47.0 Å². The van der Waals surface area contributed by atoms with Gasteiger partial charge in [-0.25, -0.2) is 0 Å². The first kappa shape index (κ1) is 13.1. The first-order valence-electron chi connectivity index (χ1n) is 5.58. The Morgan fingerprint density at radius 3 is 2.94 bits per heavy atom. The maximum Gasteiger partial charge on any atom is 0.199 e. The van der Waals surface area contributed by atoms with Crippen LogP contribution in [0.1, 0.15) is 19.3 Å². The predicted molar refractivity (Wildman–Crippen MR) is 70.7 cm³/mol. The highest BCUT2D eigenvalue weighted by atomic mass is 79.9. The summed E-state index contributed by atoms with van der Waals surface area (Å²) in [5, 5.41) is 0. The van der Waals surface area contributed by atoms with Gasteiger partial charge in [0.1, 0.15) is 5.75 Å². The molecule has 2 rings (SSSR count). The fourth-order valence-electron chi connectivity index (χ4n) is 1.70. The van der Waals surface area contributed by atoms with E-state index in [2.05, 4.69) is 15.9 Å². The Bertz CT molecular complexity index is 416. The zero-order valence-corrected chi connectivity index (χ0v) is 12.1. The number of rotatable bonds is 3. The first-order valence-corrected chi connectivity index (χ1v) is 7.93. The molecule has 0 N–H and O–H groups in total. The normalized spacial score (nSPS) is 22.1. The van der Waals surface area contributed by atoms with Gasteiger partial charge in [0.25, 0.3) is 0 Å². The molecule has 0 aliphatic carbocycles. The first-order chi connectivity index (χ1) is 8.16. The van der Waals surface area contributed by atoms with Crippen LogP contribution in [0.4, 0.5) is 0 Å². The molecule has 1 aliphatic heterocycles. The molecule has 1 heterocycles.